The molecule has 1 atom stereocenters. The molecule has 1 aliphatic heterocycles. The van der Waals surface area contributed by atoms with Crippen LogP contribution in [0, 0.1) is 0 Å². The van der Waals surface area contributed by atoms with E-state index in [1.807, 2.05) is 35.2 Å². The van der Waals surface area contributed by atoms with Crippen molar-refractivity contribution in [1.29, 1.82) is 0 Å². The zero-order chi connectivity index (χ0) is 20.3. The van der Waals surface area contributed by atoms with E-state index in [0.29, 0.717) is 18.7 Å². The zero-order valence-corrected chi connectivity index (χ0v) is 16.5. The van der Waals surface area contributed by atoms with Crippen molar-refractivity contribution in [3.05, 3.63) is 96.1 Å². The van der Waals surface area contributed by atoms with E-state index in [-0.39, 0.29) is 11.8 Å². The van der Waals surface area contributed by atoms with Crippen LogP contribution in [0.25, 0.3) is 5.69 Å². The number of aromatic amines is 1. The minimum atomic E-state index is -0.00828. The molecule has 0 spiro atoms. The van der Waals surface area contributed by atoms with Crippen LogP contribution in [0.4, 0.5) is 0 Å². The Bertz CT molecular complexity index is 1140. The molecule has 7 heteroatoms. The van der Waals surface area contributed by atoms with Gasteiger partial charge in [0.1, 0.15) is 12.7 Å². The van der Waals surface area contributed by atoms with Crippen LogP contribution < -0.4 is 0 Å². The van der Waals surface area contributed by atoms with Gasteiger partial charge in [-0.2, -0.15) is 5.10 Å². The molecule has 5 rings (SSSR count). The Hall–Kier alpha value is -3.74. The molecule has 0 saturated heterocycles. The molecule has 1 unspecified atom stereocenters. The maximum absolute atomic E-state index is 13.5. The number of carbonyl (C=O) groups excluding carboxylic acids is 1. The number of carbonyl (C=O) groups is 1. The normalized spacial score (nSPS) is 15.7. The van der Waals surface area contributed by atoms with Gasteiger partial charge >= 0.3 is 0 Å². The Morgan fingerprint density at radius 3 is 2.77 bits per heavy atom. The predicted molar refractivity (Wildman–Crippen MR) is 112 cm³/mol. The zero-order valence-electron chi connectivity index (χ0n) is 16.5. The third-order valence-electron chi connectivity index (χ3n) is 5.64. The van der Waals surface area contributed by atoms with Crippen molar-refractivity contribution in [3.8, 4) is 5.69 Å². The second-order valence-corrected chi connectivity index (χ2v) is 7.53. The smallest absolute Gasteiger partial charge is 0.256 e. The van der Waals surface area contributed by atoms with Gasteiger partial charge < -0.3 is 9.88 Å². The lowest BCUT2D eigenvalue weighted by Gasteiger charge is -2.32. The summed E-state index contributed by atoms with van der Waals surface area (Å²) in [5, 5.41) is 4.20. The van der Waals surface area contributed by atoms with E-state index in [4.69, 9.17) is 0 Å². The van der Waals surface area contributed by atoms with E-state index < -0.39 is 0 Å². The molecule has 0 radical (unpaired) electrons. The lowest BCUT2D eigenvalue weighted by molar-refractivity contribution is 0.0711. The average Bonchev–Trinajstić information content (AvgIpc) is 3.50. The highest BCUT2D eigenvalue weighted by atomic mass is 16.2. The lowest BCUT2D eigenvalue weighted by atomic mass is 9.91. The van der Waals surface area contributed by atoms with Gasteiger partial charge in [-0.25, -0.2) is 14.6 Å². The third kappa shape index (κ3) is 3.50. The first kappa shape index (κ1) is 18.3. The van der Waals surface area contributed by atoms with Crippen LogP contribution in [-0.2, 0) is 13.0 Å². The largest absolute Gasteiger partial charge is 0.347 e. The van der Waals surface area contributed by atoms with E-state index in [9.17, 15) is 4.79 Å². The molecule has 0 fully saturated rings. The number of H-pyrrole nitrogens is 1. The Morgan fingerprint density at radius 2 is 1.93 bits per heavy atom. The van der Waals surface area contributed by atoms with Gasteiger partial charge in [0.25, 0.3) is 5.91 Å². The van der Waals surface area contributed by atoms with Crippen LogP contribution in [0.3, 0.4) is 0 Å². The average molecular weight is 398 g/mol. The number of hydrogen-bond acceptors (Lipinski definition) is 4. The number of aryl methyl sites for hydroxylation is 1. The van der Waals surface area contributed by atoms with Gasteiger partial charge in [-0.15, -0.1) is 0 Å². The van der Waals surface area contributed by atoms with E-state index >= 15 is 0 Å². The van der Waals surface area contributed by atoms with Crippen LogP contribution in [0.2, 0.25) is 0 Å². The highest BCUT2D eigenvalue weighted by Crippen LogP contribution is 2.31. The molecular weight excluding hydrogens is 376 g/mol. The first-order valence-electron chi connectivity index (χ1n) is 10.1. The monoisotopic (exact) mass is 398 g/mol. The second kappa shape index (κ2) is 7.94. The molecule has 1 N–H and O–H groups in total. The van der Waals surface area contributed by atoms with Crippen LogP contribution in [0.1, 0.15) is 39.6 Å². The van der Waals surface area contributed by atoms with Crippen LogP contribution in [-0.4, -0.2) is 42.1 Å². The number of fused-ring (bicyclic) bond motifs is 1. The standard InChI is InChI=1S/C23H22N6O/c30-23(19-8-4-5-9-21(19)29-16-24-14-27-29)28-12-18(22-20(13-28)25-15-26-22)11-10-17-6-2-1-3-7-17/h1-9,14-16,18H,10-13H2,(H,25,26). The van der Waals surface area contributed by atoms with Gasteiger partial charge in [0.05, 0.1) is 35.5 Å². The van der Waals surface area contributed by atoms with Gasteiger partial charge in [-0.05, 0) is 30.5 Å². The van der Waals surface area contributed by atoms with Crippen molar-refractivity contribution in [1.82, 2.24) is 29.6 Å². The summed E-state index contributed by atoms with van der Waals surface area (Å²) < 4.78 is 1.63. The number of rotatable bonds is 5. The van der Waals surface area contributed by atoms with Gasteiger partial charge in [0, 0.05) is 12.5 Å². The first-order chi connectivity index (χ1) is 14.8. The number of nitrogens with zero attached hydrogens (tertiary/aromatic N) is 5. The van der Waals surface area contributed by atoms with E-state index in [1.54, 1.807) is 17.3 Å². The molecular formula is C23H22N6O. The summed E-state index contributed by atoms with van der Waals surface area (Å²) in [5.74, 6) is 0.189. The quantitative estimate of drug-likeness (QED) is 0.559. The van der Waals surface area contributed by atoms with Crippen molar-refractivity contribution in [2.45, 2.75) is 25.3 Å². The SMILES string of the molecule is O=C(c1ccccc1-n1cncn1)N1Cc2[nH]cnc2C(CCc2ccccc2)C1. The number of imidazole rings is 1. The molecule has 2 aromatic heterocycles. The summed E-state index contributed by atoms with van der Waals surface area (Å²) in [6.07, 6.45) is 6.71. The Balaban J connectivity index is 1.40. The number of nitrogens with one attached hydrogen (secondary N) is 1. The Morgan fingerprint density at radius 1 is 1.10 bits per heavy atom. The van der Waals surface area contributed by atoms with Crippen LogP contribution >= 0.6 is 0 Å². The molecule has 150 valence electrons. The summed E-state index contributed by atoms with van der Waals surface area (Å²) in [5.41, 5.74) is 4.75. The van der Waals surface area contributed by atoms with Crippen molar-refractivity contribution in [2.75, 3.05) is 6.54 Å². The molecule has 3 heterocycles. The number of hydrogen-bond donors (Lipinski definition) is 1. The fourth-order valence-electron chi connectivity index (χ4n) is 4.14. The van der Waals surface area contributed by atoms with Gasteiger partial charge in [-0.1, -0.05) is 42.5 Å². The second-order valence-electron chi connectivity index (χ2n) is 7.53. The van der Waals surface area contributed by atoms with Crippen molar-refractivity contribution in [2.24, 2.45) is 0 Å². The van der Waals surface area contributed by atoms with Crippen molar-refractivity contribution in [3.63, 3.8) is 0 Å². The number of aromatic nitrogens is 5. The summed E-state index contributed by atoms with van der Waals surface area (Å²) in [7, 11) is 0. The predicted octanol–water partition coefficient (Wildman–Crippen LogP) is 3.36. The molecule has 1 amide bonds. The van der Waals surface area contributed by atoms with Crippen molar-refractivity contribution >= 4 is 5.91 Å². The van der Waals surface area contributed by atoms with E-state index in [1.165, 1.54) is 11.9 Å². The summed E-state index contributed by atoms with van der Waals surface area (Å²) >= 11 is 0. The molecule has 0 aliphatic carbocycles. The summed E-state index contributed by atoms with van der Waals surface area (Å²) in [6.45, 7) is 1.18. The third-order valence-corrected chi connectivity index (χ3v) is 5.64. The van der Waals surface area contributed by atoms with Gasteiger partial charge in [0.15, 0.2) is 0 Å². The lowest BCUT2D eigenvalue weighted by Crippen LogP contribution is -2.39. The number of para-hydroxylation sites is 1. The van der Waals surface area contributed by atoms with E-state index in [2.05, 4.69) is 44.3 Å². The van der Waals surface area contributed by atoms with Crippen LogP contribution in [0.15, 0.2) is 73.6 Å². The number of benzene rings is 2. The van der Waals surface area contributed by atoms with Gasteiger partial charge in [0.2, 0.25) is 0 Å². The Labute approximate surface area is 174 Å². The highest BCUT2D eigenvalue weighted by Gasteiger charge is 2.31. The maximum atomic E-state index is 13.5. The summed E-state index contributed by atoms with van der Waals surface area (Å²) in [6, 6.07) is 18.0. The highest BCUT2D eigenvalue weighted by molar-refractivity contribution is 5.97. The molecule has 7 nitrogen and oxygen atoms in total. The maximum Gasteiger partial charge on any atom is 0.256 e. The van der Waals surface area contributed by atoms with E-state index in [0.717, 1.165) is 29.9 Å². The number of amides is 1. The minimum absolute atomic E-state index is 0.00828. The molecule has 30 heavy (non-hydrogen) atoms. The van der Waals surface area contributed by atoms with Crippen LogP contribution in [0.5, 0.6) is 0 Å². The Kier molecular flexibility index (Phi) is 4.85. The molecule has 2 aromatic carbocycles. The fraction of sp³-hybridized carbons (Fsp3) is 0.217. The fourth-order valence-corrected chi connectivity index (χ4v) is 4.14. The first-order valence-corrected chi connectivity index (χ1v) is 10.1. The summed E-state index contributed by atoms with van der Waals surface area (Å²) in [4.78, 5) is 27.2. The molecule has 0 saturated carbocycles. The topological polar surface area (TPSA) is 79.7 Å². The molecule has 0 bridgehead atoms. The van der Waals surface area contributed by atoms with Gasteiger partial charge in [-0.3, -0.25) is 4.79 Å². The molecule has 1 aliphatic rings. The van der Waals surface area contributed by atoms with Crippen molar-refractivity contribution < 1.29 is 4.79 Å². The molecule has 4 aromatic rings. The minimum Gasteiger partial charge on any atom is -0.347 e.